The molecule has 7 heteroatoms. The van der Waals surface area contributed by atoms with Crippen molar-refractivity contribution in [3.05, 3.63) is 59.7 Å². The molecule has 0 amide bonds. The van der Waals surface area contributed by atoms with E-state index in [2.05, 4.69) is 15.4 Å². The largest absolute Gasteiger partial charge is 0.481 e. The third kappa shape index (κ3) is 5.13. The summed E-state index contributed by atoms with van der Waals surface area (Å²) in [6, 6.07) is 10.5. The van der Waals surface area contributed by atoms with Gasteiger partial charge in [0.1, 0.15) is 11.6 Å². The standard InChI is InChI=1S/C21H23F2N3O2/c22-17-7-8-18(19-5-1-2-6-20(19)23)16(12-17)13-25-24-9-11-26-10-3-4-15(14-26)21(27)28/h1-2,5-8,12-13,15,24H,3-4,9-11,14H2,(H,27,28)/b25-13+. The summed E-state index contributed by atoms with van der Waals surface area (Å²) in [6.45, 7) is 2.62. The molecule has 1 saturated heterocycles. The summed E-state index contributed by atoms with van der Waals surface area (Å²) in [4.78, 5) is 13.2. The molecule has 2 N–H and O–H groups in total. The first kappa shape index (κ1) is 19.9. The van der Waals surface area contributed by atoms with E-state index in [4.69, 9.17) is 5.11 Å². The molecule has 0 spiro atoms. The summed E-state index contributed by atoms with van der Waals surface area (Å²) in [7, 11) is 0. The van der Waals surface area contributed by atoms with Crippen LogP contribution in [0.3, 0.4) is 0 Å². The highest BCUT2D eigenvalue weighted by atomic mass is 19.1. The molecule has 28 heavy (non-hydrogen) atoms. The van der Waals surface area contributed by atoms with E-state index in [0.717, 1.165) is 19.4 Å². The fourth-order valence-electron chi connectivity index (χ4n) is 3.41. The first-order valence-corrected chi connectivity index (χ1v) is 9.30. The topological polar surface area (TPSA) is 64.9 Å². The molecule has 3 rings (SSSR count). The highest BCUT2D eigenvalue weighted by Crippen LogP contribution is 2.26. The van der Waals surface area contributed by atoms with Crippen LogP contribution >= 0.6 is 0 Å². The molecule has 1 unspecified atom stereocenters. The predicted octanol–water partition coefficient (Wildman–Crippen LogP) is 3.35. The lowest BCUT2D eigenvalue weighted by atomic mass is 9.98. The molecule has 2 aromatic carbocycles. The predicted molar refractivity (Wildman–Crippen MR) is 104 cm³/mol. The van der Waals surface area contributed by atoms with E-state index >= 15 is 0 Å². The Morgan fingerprint density at radius 2 is 2.07 bits per heavy atom. The Hall–Kier alpha value is -2.80. The molecular formula is C21H23F2N3O2. The number of piperidine rings is 1. The van der Waals surface area contributed by atoms with Crippen LogP contribution in [0, 0.1) is 17.6 Å². The number of rotatable bonds is 7. The van der Waals surface area contributed by atoms with Gasteiger partial charge >= 0.3 is 5.97 Å². The van der Waals surface area contributed by atoms with E-state index < -0.39 is 11.8 Å². The minimum absolute atomic E-state index is 0.312. The van der Waals surface area contributed by atoms with Crippen molar-refractivity contribution in [1.29, 1.82) is 0 Å². The van der Waals surface area contributed by atoms with Crippen LogP contribution in [0.4, 0.5) is 8.78 Å². The Balaban J connectivity index is 1.60. The Kier molecular flexibility index (Phi) is 6.71. The van der Waals surface area contributed by atoms with E-state index in [9.17, 15) is 13.6 Å². The summed E-state index contributed by atoms with van der Waals surface area (Å²) in [5, 5.41) is 13.3. The average molecular weight is 387 g/mol. The molecule has 1 heterocycles. The number of carbonyl (C=O) groups is 1. The van der Waals surface area contributed by atoms with Gasteiger partial charge in [-0.1, -0.05) is 24.3 Å². The lowest BCUT2D eigenvalue weighted by Gasteiger charge is -2.30. The lowest BCUT2D eigenvalue weighted by Crippen LogP contribution is -2.41. The quantitative estimate of drug-likeness (QED) is 0.434. The molecule has 0 aliphatic carbocycles. The van der Waals surface area contributed by atoms with Gasteiger partial charge in [0.15, 0.2) is 0 Å². The van der Waals surface area contributed by atoms with Crippen molar-refractivity contribution in [2.24, 2.45) is 11.0 Å². The number of carboxylic acids is 1. The van der Waals surface area contributed by atoms with Crippen molar-refractivity contribution < 1.29 is 18.7 Å². The van der Waals surface area contributed by atoms with Crippen LogP contribution in [0.25, 0.3) is 11.1 Å². The minimum Gasteiger partial charge on any atom is -0.481 e. The number of aliphatic carboxylic acids is 1. The summed E-state index contributed by atoms with van der Waals surface area (Å²) < 4.78 is 27.7. The van der Waals surface area contributed by atoms with E-state index in [1.807, 2.05) is 0 Å². The van der Waals surface area contributed by atoms with Gasteiger partial charge in [0, 0.05) is 30.8 Å². The number of nitrogens with one attached hydrogen (secondary N) is 1. The lowest BCUT2D eigenvalue weighted by molar-refractivity contribution is -0.143. The van der Waals surface area contributed by atoms with Crippen LogP contribution in [0.2, 0.25) is 0 Å². The number of nitrogens with zero attached hydrogens (tertiary/aromatic N) is 2. The van der Waals surface area contributed by atoms with Gasteiger partial charge in [-0.2, -0.15) is 5.10 Å². The minimum atomic E-state index is -0.748. The zero-order chi connectivity index (χ0) is 19.9. The van der Waals surface area contributed by atoms with Crippen LogP contribution in [-0.2, 0) is 4.79 Å². The van der Waals surface area contributed by atoms with E-state index in [1.165, 1.54) is 30.5 Å². The first-order valence-electron chi connectivity index (χ1n) is 9.30. The molecule has 5 nitrogen and oxygen atoms in total. The smallest absolute Gasteiger partial charge is 0.307 e. The van der Waals surface area contributed by atoms with E-state index in [1.54, 1.807) is 18.2 Å². The zero-order valence-corrected chi connectivity index (χ0v) is 15.4. The maximum absolute atomic E-state index is 14.1. The van der Waals surface area contributed by atoms with Crippen molar-refractivity contribution >= 4 is 12.2 Å². The molecule has 148 valence electrons. The molecule has 1 fully saturated rings. The maximum Gasteiger partial charge on any atom is 0.307 e. The molecule has 0 saturated carbocycles. The van der Waals surface area contributed by atoms with Gasteiger partial charge in [-0.25, -0.2) is 8.78 Å². The van der Waals surface area contributed by atoms with Gasteiger partial charge < -0.3 is 15.4 Å². The molecular weight excluding hydrogens is 364 g/mol. The maximum atomic E-state index is 14.1. The van der Waals surface area contributed by atoms with Crippen LogP contribution < -0.4 is 5.43 Å². The zero-order valence-electron chi connectivity index (χ0n) is 15.4. The Bertz CT molecular complexity index is 857. The normalized spacial score (nSPS) is 17.7. The van der Waals surface area contributed by atoms with Crippen molar-refractivity contribution in [3.8, 4) is 11.1 Å². The van der Waals surface area contributed by atoms with Crippen LogP contribution in [0.5, 0.6) is 0 Å². The third-order valence-corrected chi connectivity index (χ3v) is 4.87. The van der Waals surface area contributed by atoms with Crippen molar-refractivity contribution in [2.45, 2.75) is 12.8 Å². The van der Waals surface area contributed by atoms with Gasteiger partial charge in [-0.05, 0) is 43.1 Å². The second kappa shape index (κ2) is 9.41. The van der Waals surface area contributed by atoms with Gasteiger partial charge in [-0.3, -0.25) is 4.79 Å². The molecule has 0 aromatic heterocycles. The fourth-order valence-corrected chi connectivity index (χ4v) is 3.41. The molecule has 1 aliphatic rings. The monoisotopic (exact) mass is 387 g/mol. The van der Waals surface area contributed by atoms with Crippen molar-refractivity contribution in [3.63, 3.8) is 0 Å². The highest BCUT2D eigenvalue weighted by molar-refractivity contribution is 5.90. The number of benzene rings is 2. The van der Waals surface area contributed by atoms with E-state index in [0.29, 0.717) is 36.3 Å². The Morgan fingerprint density at radius 3 is 2.86 bits per heavy atom. The number of carboxylic acid groups (broad SMARTS) is 1. The Labute approximate surface area is 162 Å². The number of hydrogen-bond acceptors (Lipinski definition) is 4. The number of halogens is 2. The summed E-state index contributed by atoms with van der Waals surface area (Å²) in [6.07, 6.45) is 3.06. The Morgan fingerprint density at radius 1 is 1.25 bits per heavy atom. The van der Waals surface area contributed by atoms with Gasteiger partial charge in [0.05, 0.1) is 12.1 Å². The highest BCUT2D eigenvalue weighted by Gasteiger charge is 2.24. The summed E-state index contributed by atoms with van der Waals surface area (Å²) >= 11 is 0. The molecule has 0 bridgehead atoms. The van der Waals surface area contributed by atoms with Crippen molar-refractivity contribution in [1.82, 2.24) is 10.3 Å². The number of hydrazone groups is 1. The second-order valence-corrected chi connectivity index (χ2v) is 6.86. The van der Waals surface area contributed by atoms with E-state index in [-0.39, 0.29) is 11.7 Å². The molecule has 2 aromatic rings. The van der Waals surface area contributed by atoms with Crippen LogP contribution in [-0.4, -0.2) is 48.4 Å². The summed E-state index contributed by atoms with van der Waals surface area (Å²) in [5.74, 6) is -1.86. The van der Waals surface area contributed by atoms with Gasteiger partial charge in [-0.15, -0.1) is 0 Å². The summed E-state index contributed by atoms with van der Waals surface area (Å²) in [5.41, 5.74) is 4.32. The average Bonchev–Trinajstić information content (AvgIpc) is 2.69. The molecule has 1 aliphatic heterocycles. The van der Waals surface area contributed by atoms with Crippen LogP contribution in [0.1, 0.15) is 18.4 Å². The van der Waals surface area contributed by atoms with Crippen LogP contribution in [0.15, 0.2) is 47.6 Å². The van der Waals surface area contributed by atoms with Crippen molar-refractivity contribution in [2.75, 3.05) is 26.2 Å². The third-order valence-electron chi connectivity index (χ3n) is 4.87. The molecule has 1 atom stereocenters. The fraction of sp³-hybridized carbons (Fsp3) is 0.333. The first-order chi connectivity index (χ1) is 13.5. The number of hydrogen-bond donors (Lipinski definition) is 2. The number of likely N-dealkylation sites (tertiary alicyclic amines) is 1. The second-order valence-electron chi connectivity index (χ2n) is 6.86. The molecule has 0 radical (unpaired) electrons. The van der Waals surface area contributed by atoms with Gasteiger partial charge in [0.2, 0.25) is 0 Å². The SMILES string of the molecule is O=C(O)C1CCCN(CCN/N=C/c2cc(F)ccc2-c2ccccc2F)C1. The van der Waals surface area contributed by atoms with Gasteiger partial charge in [0.25, 0.3) is 0 Å².